The number of alkyl halides is 3. The summed E-state index contributed by atoms with van der Waals surface area (Å²) in [4.78, 5) is 0. The highest BCUT2D eigenvalue weighted by Gasteiger charge is 2.40. The Bertz CT molecular complexity index is 395. The predicted octanol–water partition coefficient (Wildman–Crippen LogP) is 3.08. The fraction of sp³-hybridized carbons (Fsp3) is 0.364. The molecule has 0 bridgehead atoms. The van der Waals surface area contributed by atoms with Crippen molar-refractivity contribution < 1.29 is 17.9 Å². The molecule has 1 aromatic carbocycles. The summed E-state index contributed by atoms with van der Waals surface area (Å²) in [5.74, 6) is -1.75. The van der Waals surface area contributed by atoms with Gasteiger partial charge in [-0.1, -0.05) is 12.1 Å². The normalized spacial score (nSPS) is 12.9. The summed E-state index contributed by atoms with van der Waals surface area (Å²) in [7, 11) is 0. The number of aryl methyl sites for hydroxylation is 1. The van der Waals surface area contributed by atoms with E-state index in [-0.39, 0.29) is 0 Å². The monoisotopic (exact) mass is 229 g/mol. The van der Waals surface area contributed by atoms with E-state index >= 15 is 0 Å². The Hall–Kier alpha value is -1.70. The van der Waals surface area contributed by atoms with Crippen LogP contribution >= 0.6 is 0 Å². The van der Waals surface area contributed by atoms with Crippen molar-refractivity contribution in [2.45, 2.75) is 13.1 Å². The van der Waals surface area contributed by atoms with E-state index in [0.29, 0.717) is 5.75 Å². The van der Waals surface area contributed by atoms with Crippen LogP contribution < -0.4 is 4.74 Å². The Morgan fingerprint density at radius 2 is 2.12 bits per heavy atom. The van der Waals surface area contributed by atoms with Gasteiger partial charge in [-0.05, 0) is 24.6 Å². The number of nitrogens with zero attached hydrogens (tertiary/aromatic N) is 1. The maximum Gasteiger partial charge on any atom is 0.407 e. The van der Waals surface area contributed by atoms with Crippen LogP contribution in [0.1, 0.15) is 5.56 Å². The molecule has 0 saturated heterocycles. The van der Waals surface area contributed by atoms with Crippen LogP contribution in [0.15, 0.2) is 24.3 Å². The maximum atomic E-state index is 12.2. The zero-order chi connectivity index (χ0) is 12.2. The van der Waals surface area contributed by atoms with E-state index in [0.717, 1.165) is 5.56 Å². The summed E-state index contributed by atoms with van der Waals surface area (Å²) in [6.45, 7) is 1.13. The van der Waals surface area contributed by atoms with E-state index in [9.17, 15) is 13.2 Å². The smallest absolute Gasteiger partial charge is 0.407 e. The Kier molecular flexibility index (Phi) is 3.78. The molecule has 0 aliphatic rings. The first kappa shape index (κ1) is 12.4. The lowest BCUT2D eigenvalue weighted by Crippen LogP contribution is -2.27. The molecule has 0 heterocycles. The third-order valence-electron chi connectivity index (χ3n) is 1.96. The van der Waals surface area contributed by atoms with Gasteiger partial charge in [0.05, 0.1) is 6.07 Å². The highest BCUT2D eigenvalue weighted by Crippen LogP contribution is 2.26. The van der Waals surface area contributed by atoms with Crippen molar-refractivity contribution in [3.05, 3.63) is 29.8 Å². The van der Waals surface area contributed by atoms with Gasteiger partial charge in [0.2, 0.25) is 0 Å². The molecular weight excluding hydrogens is 219 g/mol. The van der Waals surface area contributed by atoms with Crippen molar-refractivity contribution in [3.8, 4) is 11.8 Å². The summed E-state index contributed by atoms with van der Waals surface area (Å²) < 4.78 is 41.5. The van der Waals surface area contributed by atoms with Crippen LogP contribution in [0.2, 0.25) is 0 Å². The lowest BCUT2D eigenvalue weighted by molar-refractivity contribution is -0.165. The fourth-order valence-electron chi connectivity index (χ4n) is 1.09. The molecule has 1 atom stereocenters. The first-order valence-corrected chi connectivity index (χ1v) is 4.59. The average molecular weight is 229 g/mol. The lowest BCUT2D eigenvalue weighted by atomic mass is 10.2. The minimum Gasteiger partial charge on any atom is -0.492 e. The van der Waals surface area contributed by atoms with Gasteiger partial charge in [-0.25, -0.2) is 0 Å². The Morgan fingerprint density at radius 3 is 2.62 bits per heavy atom. The van der Waals surface area contributed by atoms with Crippen LogP contribution in [-0.2, 0) is 0 Å². The number of hydrogen-bond acceptors (Lipinski definition) is 2. The Morgan fingerprint density at radius 1 is 1.44 bits per heavy atom. The van der Waals surface area contributed by atoms with Gasteiger partial charge >= 0.3 is 6.18 Å². The minimum atomic E-state index is -4.54. The van der Waals surface area contributed by atoms with Crippen LogP contribution in [0.3, 0.4) is 0 Å². The highest BCUT2D eigenvalue weighted by molar-refractivity contribution is 5.27. The van der Waals surface area contributed by atoms with Gasteiger partial charge in [-0.15, -0.1) is 0 Å². The molecule has 5 heteroatoms. The minimum absolute atomic E-state index is 0.338. The molecule has 0 aromatic heterocycles. The molecule has 1 aromatic rings. The van der Waals surface area contributed by atoms with Gasteiger partial charge in [0.25, 0.3) is 0 Å². The molecule has 1 unspecified atom stereocenters. The number of halogens is 3. The van der Waals surface area contributed by atoms with E-state index < -0.39 is 18.7 Å². The maximum absolute atomic E-state index is 12.2. The van der Waals surface area contributed by atoms with Gasteiger partial charge in [0.1, 0.15) is 12.4 Å². The van der Waals surface area contributed by atoms with E-state index in [4.69, 9.17) is 10.00 Å². The molecule has 0 radical (unpaired) electrons. The zero-order valence-corrected chi connectivity index (χ0v) is 8.58. The van der Waals surface area contributed by atoms with Gasteiger partial charge in [-0.3, -0.25) is 0 Å². The SMILES string of the molecule is Cc1cccc(OCC(C#N)C(F)(F)F)c1. The topological polar surface area (TPSA) is 33.0 Å². The van der Waals surface area contributed by atoms with Crippen LogP contribution in [0, 0.1) is 24.2 Å². The van der Waals surface area contributed by atoms with Gasteiger partial charge < -0.3 is 4.74 Å². The number of hydrogen-bond donors (Lipinski definition) is 0. The second kappa shape index (κ2) is 4.88. The van der Waals surface area contributed by atoms with Gasteiger partial charge in [0, 0.05) is 0 Å². The molecule has 0 saturated carbocycles. The standard InChI is InChI=1S/C11H10F3NO/c1-8-3-2-4-10(5-8)16-7-9(6-15)11(12,13)14/h2-5,9H,7H2,1H3. The first-order chi connectivity index (χ1) is 7.43. The van der Waals surface area contributed by atoms with Crippen molar-refractivity contribution in [2.24, 2.45) is 5.92 Å². The molecular formula is C11H10F3NO. The molecule has 16 heavy (non-hydrogen) atoms. The van der Waals surface area contributed by atoms with Crippen molar-refractivity contribution >= 4 is 0 Å². The van der Waals surface area contributed by atoms with E-state index in [1.54, 1.807) is 31.2 Å². The Labute approximate surface area is 91.3 Å². The molecule has 0 N–H and O–H groups in total. The van der Waals surface area contributed by atoms with Gasteiger partial charge in [-0.2, -0.15) is 18.4 Å². The van der Waals surface area contributed by atoms with Gasteiger partial charge in [0.15, 0.2) is 5.92 Å². The van der Waals surface area contributed by atoms with Crippen molar-refractivity contribution in [2.75, 3.05) is 6.61 Å². The molecule has 1 rings (SSSR count). The summed E-state index contributed by atoms with van der Waals surface area (Å²) in [6.07, 6.45) is -4.54. The third-order valence-corrected chi connectivity index (χ3v) is 1.96. The number of benzene rings is 1. The van der Waals surface area contributed by atoms with E-state index in [2.05, 4.69) is 0 Å². The molecule has 2 nitrogen and oxygen atoms in total. The molecule has 0 fully saturated rings. The Balaban J connectivity index is 2.61. The molecule has 0 aliphatic heterocycles. The van der Waals surface area contributed by atoms with E-state index in [1.165, 1.54) is 6.07 Å². The van der Waals surface area contributed by atoms with Crippen molar-refractivity contribution in [3.63, 3.8) is 0 Å². The second-order valence-corrected chi connectivity index (χ2v) is 3.35. The summed E-state index contributed by atoms with van der Waals surface area (Å²) >= 11 is 0. The average Bonchev–Trinajstić information content (AvgIpc) is 2.16. The summed E-state index contributed by atoms with van der Waals surface area (Å²) in [5, 5.41) is 8.34. The van der Waals surface area contributed by atoms with E-state index in [1.807, 2.05) is 0 Å². The molecule has 0 spiro atoms. The number of ether oxygens (including phenoxy) is 1. The largest absolute Gasteiger partial charge is 0.492 e. The zero-order valence-electron chi connectivity index (χ0n) is 8.58. The predicted molar refractivity (Wildman–Crippen MR) is 51.8 cm³/mol. The lowest BCUT2D eigenvalue weighted by Gasteiger charge is -2.14. The fourth-order valence-corrected chi connectivity index (χ4v) is 1.09. The molecule has 0 amide bonds. The molecule has 0 aliphatic carbocycles. The first-order valence-electron chi connectivity index (χ1n) is 4.59. The summed E-state index contributed by atoms with van der Waals surface area (Å²) in [5.41, 5.74) is 0.887. The van der Waals surface area contributed by atoms with Crippen molar-refractivity contribution in [1.29, 1.82) is 5.26 Å². The van der Waals surface area contributed by atoms with Crippen LogP contribution in [0.4, 0.5) is 13.2 Å². The quantitative estimate of drug-likeness (QED) is 0.797. The number of nitriles is 1. The second-order valence-electron chi connectivity index (χ2n) is 3.35. The van der Waals surface area contributed by atoms with Crippen LogP contribution in [0.5, 0.6) is 5.75 Å². The van der Waals surface area contributed by atoms with Crippen LogP contribution in [-0.4, -0.2) is 12.8 Å². The van der Waals surface area contributed by atoms with Crippen LogP contribution in [0.25, 0.3) is 0 Å². The summed E-state index contributed by atoms with van der Waals surface area (Å²) in [6, 6.07) is 7.83. The highest BCUT2D eigenvalue weighted by atomic mass is 19.4. The molecule has 86 valence electrons. The number of rotatable bonds is 3. The third kappa shape index (κ3) is 3.46. The van der Waals surface area contributed by atoms with Crippen molar-refractivity contribution in [1.82, 2.24) is 0 Å².